The SMILES string of the molecule is CCCCCCC/C=C/CCCC1NC=CN1CCO. The van der Waals surface area contributed by atoms with Crippen molar-refractivity contribution in [2.24, 2.45) is 0 Å². The molecule has 116 valence electrons. The maximum absolute atomic E-state index is 8.98. The second-order valence-electron chi connectivity index (χ2n) is 5.56. The Balaban J connectivity index is 1.93. The van der Waals surface area contributed by atoms with E-state index in [9.17, 15) is 0 Å². The molecule has 1 aliphatic rings. The number of aliphatic hydroxyl groups excluding tert-OH is 1. The highest BCUT2D eigenvalue weighted by atomic mass is 16.3. The molecule has 1 heterocycles. The molecule has 0 saturated carbocycles. The van der Waals surface area contributed by atoms with Gasteiger partial charge in [0.15, 0.2) is 0 Å². The van der Waals surface area contributed by atoms with Crippen molar-refractivity contribution in [1.82, 2.24) is 10.2 Å². The minimum atomic E-state index is 0.223. The van der Waals surface area contributed by atoms with Gasteiger partial charge in [0, 0.05) is 18.9 Å². The summed E-state index contributed by atoms with van der Waals surface area (Å²) in [5, 5.41) is 12.3. The van der Waals surface area contributed by atoms with Gasteiger partial charge in [-0.1, -0.05) is 44.8 Å². The zero-order valence-corrected chi connectivity index (χ0v) is 13.1. The van der Waals surface area contributed by atoms with Crippen LogP contribution in [0, 0.1) is 0 Å². The Kier molecular flexibility index (Phi) is 10.1. The van der Waals surface area contributed by atoms with Crippen LogP contribution in [0.4, 0.5) is 0 Å². The molecule has 0 aliphatic carbocycles. The summed E-state index contributed by atoms with van der Waals surface area (Å²) in [6.07, 6.45) is 20.6. The first kappa shape index (κ1) is 17.1. The molecule has 0 bridgehead atoms. The standard InChI is InChI=1S/C17H32N2O/c1-2-3-4-5-6-7-8-9-10-11-12-17-18-13-14-19(17)15-16-20/h8-9,13-14,17-18,20H,2-7,10-12,15-16H2,1H3/b9-8+. The lowest BCUT2D eigenvalue weighted by atomic mass is 10.1. The zero-order valence-electron chi connectivity index (χ0n) is 13.1. The fraction of sp³-hybridized carbons (Fsp3) is 0.765. The third-order valence-electron chi connectivity index (χ3n) is 3.80. The minimum Gasteiger partial charge on any atom is -0.395 e. The molecule has 1 rings (SSSR count). The van der Waals surface area contributed by atoms with E-state index in [2.05, 4.69) is 29.3 Å². The van der Waals surface area contributed by atoms with Crippen molar-refractivity contribution in [1.29, 1.82) is 0 Å². The Morgan fingerprint density at radius 2 is 1.85 bits per heavy atom. The second-order valence-corrected chi connectivity index (χ2v) is 5.56. The Bertz CT molecular complexity index is 276. The predicted molar refractivity (Wildman–Crippen MR) is 86.2 cm³/mol. The Morgan fingerprint density at radius 1 is 1.10 bits per heavy atom. The summed E-state index contributed by atoms with van der Waals surface area (Å²) in [6, 6.07) is 0. The van der Waals surface area contributed by atoms with Gasteiger partial charge in [-0.3, -0.25) is 0 Å². The van der Waals surface area contributed by atoms with Crippen molar-refractivity contribution in [2.75, 3.05) is 13.2 Å². The third kappa shape index (κ3) is 7.59. The lowest BCUT2D eigenvalue weighted by Crippen LogP contribution is -2.36. The normalized spacial score (nSPS) is 18.1. The van der Waals surface area contributed by atoms with E-state index in [1.165, 1.54) is 51.4 Å². The number of hydrogen-bond acceptors (Lipinski definition) is 3. The van der Waals surface area contributed by atoms with E-state index in [1.807, 2.05) is 12.4 Å². The molecular formula is C17H32N2O. The molecule has 1 aliphatic heterocycles. The number of nitrogens with one attached hydrogen (secondary N) is 1. The molecule has 0 aromatic heterocycles. The van der Waals surface area contributed by atoms with Gasteiger partial charge in [-0.05, 0) is 32.1 Å². The van der Waals surface area contributed by atoms with Crippen molar-refractivity contribution in [3.63, 3.8) is 0 Å². The van der Waals surface area contributed by atoms with E-state index in [4.69, 9.17) is 5.11 Å². The molecule has 20 heavy (non-hydrogen) atoms. The van der Waals surface area contributed by atoms with E-state index in [0.717, 1.165) is 13.0 Å². The minimum absolute atomic E-state index is 0.223. The average molecular weight is 280 g/mol. The second kappa shape index (κ2) is 11.8. The molecule has 2 N–H and O–H groups in total. The zero-order chi connectivity index (χ0) is 14.5. The Hall–Kier alpha value is -0.960. The van der Waals surface area contributed by atoms with Gasteiger partial charge in [-0.15, -0.1) is 0 Å². The number of rotatable bonds is 12. The van der Waals surface area contributed by atoms with Gasteiger partial charge in [0.2, 0.25) is 0 Å². The molecule has 3 heteroatoms. The Morgan fingerprint density at radius 3 is 2.60 bits per heavy atom. The summed E-state index contributed by atoms with van der Waals surface area (Å²) in [4.78, 5) is 2.18. The molecule has 1 unspecified atom stereocenters. The highest BCUT2D eigenvalue weighted by Gasteiger charge is 2.16. The van der Waals surface area contributed by atoms with E-state index in [0.29, 0.717) is 6.17 Å². The van der Waals surface area contributed by atoms with E-state index >= 15 is 0 Å². The topological polar surface area (TPSA) is 35.5 Å². The van der Waals surface area contributed by atoms with Crippen LogP contribution in [0.2, 0.25) is 0 Å². The smallest absolute Gasteiger partial charge is 0.0982 e. The van der Waals surface area contributed by atoms with Crippen molar-refractivity contribution < 1.29 is 5.11 Å². The van der Waals surface area contributed by atoms with Crippen LogP contribution in [0.15, 0.2) is 24.6 Å². The van der Waals surface area contributed by atoms with Gasteiger partial charge in [0.1, 0.15) is 0 Å². The number of unbranched alkanes of at least 4 members (excludes halogenated alkanes) is 6. The van der Waals surface area contributed by atoms with Crippen LogP contribution in [-0.4, -0.2) is 29.3 Å². The summed E-state index contributed by atoms with van der Waals surface area (Å²) in [6.45, 7) is 3.21. The highest BCUT2D eigenvalue weighted by molar-refractivity contribution is 4.94. The molecule has 0 fully saturated rings. The van der Waals surface area contributed by atoms with Gasteiger partial charge < -0.3 is 15.3 Å². The maximum Gasteiger partial charge on any atom is 0.0982 e. The van der Waals surface area contributed by atoms with Gasteiger partial charge in [-0.2, -0.15) is 0 Å². The summed E-state index contributed by atoms with van der Waals surface area (Å²) in [7, 11) is 0. The lowest BCUT2D eigenvalue weighted by Gasteiger charge is -2.24. The van der Waals surface area contributed by atoms with Crippen LogP contribution in [0.5, 0.6) is 0 Å². The molecule has 0 aromatic rings. The highest BCUT2D eigenvalue weighted by Crippen LogP contribution is 2.12. The van der Waals surface area contributed by atoms with E-state index in [1.54, 1.807) is 0 Å². The van der Waals surface area contributed by atoms with Crippen molar-refractivity contribution >= 4 is 0 Å². The number of nitrogens with zero attached hydrogens (tertiary/aromatic N) is 1. The molecule has 1 atom stereocenters. The van der Waals surface area contributed by atoms with Crippen LogP contribution in [-0.2, 0) is 0 Å². The van der Waals surface area contributed by atoms with Crippen molar-refractivity contribution in [3.8, 4) is 0 Å². The van der Waals surface area contributed by atoms with Crippen LogP contribution in [0.25, 0.3) is 0 Å². The summed E-state index contributed by atoms with van der Waals surface area (Å²) < 4.78 is 0. The van der Waals surface area contributed by atoms with Gasteiger partial charge in [0.25, 0.3) is 0 Å². The fourth-order valence-electron chi connectivity index (χ4n) is 2.57. The van der Waals surface area contributed by atoms with E-state index in [-0.39, 0.29) is 6.61 Å². The first-order chi connectivity index (χ1) is 9.88. The maximum atomic E-state index is 8.98. The first-order valence-electron chi connectivity index (χ1n) is 8.32. The van der Waals surface area contributed by atoms with E-state index < -0.39 is 0 Å². The van der Waals surface area contributed by atoms with Crippen LogP contribution in [0.1, 0.15) is 64.7 Å². The molecular weight excluding hydrogens is 248 g/mol. The predicted octanol–water partition coefficient (Wildman–Crippen LogP) is 3.77. The number of allylic oxidation sites excluding steroid dienone is 2. The monoisotopic (exact) mass is 280 g/mol. The van der Waals surface area contributed by atoms with Crippen LogP contribution in [0.3, 0.4) is 0 Å². The lowest BCUT2D eigenvalue weighted by molar-refractivity contribution is 0.194. The number of β-amino-alcohol motifs (C(OH)–C–C–N with tert-alkyl or cyclic N) is 1. The summed E-state index contributed by atoms with van der Waals surface area (Å²) >= 11 is 0. The molecule has 0 amide bonds. The average Bonchev–Trinajstić information content (AvgIpc) is 2.89. The van der Waals surface area contributed by atoms with Crippen LogP contribution < -0.4 is 5.32 Å². The van der Waals surface area contributed by atoms with Crippen molar-refractivity contribution in [2.45, 2.75) is 70.9 Å². The molecule has 0 radical (unpaired) electrons. The molecule has 0 spiro atoms. The van der Waals surface area contributed by atoms with Gasteiger partial charge in [-0.25, -0.2) is 0 Å². The number of hydrogen-bond donors (Lipinski definition) is 2. The van der Waals surface area contributed by atoms with Gasteiger partial charge >= 0.3 is 0 Å². The molecule has 0 aromatic carbocycles. The molecule has 0 saturated heterocycles. The molecule has 3 nitrogen and oxygen atoms in total. The number of aliphatic hydroxyl groups is 1. The quantitative estimate of drug-likeness (QED) is 0.422. The van der Waals surface area contributed by atoms with Crippen molar-refractivity contribution in [3.05, 3.63) is 24.6 Å². The van der Waals surface area contributed by atoms with Gasteiger partial charge in [0.05, 0.1) is 12.8 Å². The largest absolute Gasteiger partial charge is 0.395 e. The third-order valence-corrected chi connectivity index (χ3v) is 3.80. The fourth-order valence-corrected chi connectivity index (χ4v) is 2.57. The summed E-state index contributed by atoms with van der Waals surface area (Å²) in [5.41, 5.74) is 0. The Labute approximate surface area is 124 Å². The van der Waals surface area contributed by atoms with Crippen LogP contribution >= 0.6 is 0 Å². The summed E-state index contributed by atoms with van der Waals surface area (Å²) in [5.74, 6) is 0. The first-order valence-corrected chi connectivity index (χ1v) is 8.32.